The molecule has 0 unspecified atom stereocenters. The second kappa shape index (κ2) is 5.58. The van der Waals surface area contributed by atoms with Crippen LogP contribution in [0.3, 0.4) is 0 Å². The van der Waals surface area contributed by atoms with Crippen LogP contribution in [-0.2, 0) is 7.05 Å². The van der Waals surface area contributed by atoms with Crippen LogP contribution in [0, 0.1) is 12.8 Å². The highest BCUT2D eigenvalue weighted by atomic mass is 32.1. The molecule has 0 radical (unpaired) electrons. The predicted molar refractivity (Wildman–Crippen MR) is 90.5 cm³/mol. The van der Waals surface area contributed by atoms with Gasteiger partial charge in [-0.3, -0.25) is 4.68 Å². The van der Waals surface area contributed by atoms with Crippen molar-refractivity contribution < 1.29 is 5.11 Å². The molecular formula is C16H19N5OS. The summed E-state index contributed by atoms with van der Waals surface area (Å²) in [6.45, 7) is 1.91. The highest BCUT2D eigenvalue weighted by molar-refractivity contribution is 7.16. The fraction of sp³-hybridized carbons (Fsp3) is 0.438. The van der Waals surface area contributed by atoms with Crippen LogP contribution in [0.5, 0.6) is 0 Å². The van der Waals surface area contributed by atoms with Gasteiger partial charge in [0.15, 0.2) is 0 Å². The monoisotopic (exact) mass is 329 g/mol. The van der Waals surface area contributed by atoms with Gasteiger partial charge in [-0.25, -0.2) is 9.97 Å². The van der Waals surface area contributed by atoms with Gasteiger partial charge in [-0.2, -0.15) is 5.10 Å². The molecule has 2 N–H and O–H groups in total. The molecule has 1 saturated carbocycles. The lowest BCUT2D eigenvalue weighted by atomic mass is 9.75. The number of fused-ring (bicyclic) bond motifs is 1. The summed E-state index contributed by atoms with van der Waals surface area (Å²) in [7, 11) is 1.92. The molecular weight excluding hydrogens is 310 g/mol. The molecule has 3 aromatic rings. The topological polar surface area (TPSA) is 75.9 Å². The van der Waals surface area contributed by atoms with E-state index in [-0.39, 0.29) is 12.1 Å². The number of rotatable bonds is 4. The molecule has 0 saturated heterocycles. The Morgan fingerprint density at radius 2 is 2.22 bits per heavy atom. The number of nitrogens with zero attached hydrogens (tertiary/aromatic N) is 4. The van der Waals surface area contributed by atoms with Crippen molar-refractivity contribution >= 4 is 27.4 Å². The first-order chi connectivity index (χ1) is 11.1. The first-order valence-electron chi connectivity index (χ1n) is 7.75. The van der Waals surface area contributed by atoms with Gasteiger partial charge in [-0.15, -0.1) is 11.3 Å². The van der Waals surface area contributed by atoms with Gasteiger partial charge in [0.25, 0.3) is 0 Å². The van der Waals surface area contributed by atoms with Crippen LogP contribution in [0.4, 0.5) is 5.82 Å². The average molecular weight is 329 g/mol. The summed E-state index contributed by atoms with van der Waals surface area (Å²) < 4.78 is 1.81. The fourth-order valence-electron chi connectivity index (χ4n) is 3.20. The number of hydrogen-bond donors (Lipinski definition) is 2. The third-order valence-corrected chi connectivity index (χ3v) is 5.24. The van der Waals surface area contributed by atoms with Crippen LogP contribution in [-0.4, -0.2) is 31.0 Å². The highest BCUT2D eigenvalue weighted by Gasteiger charge is 2.35. The SMILES string of the molecule is Cc1nc(N[C@@H](c2cnn(C)c2)C2CC(O)C2)c2ccsc2n1. The number of hydrogen-bond acceptors (Lipinski definition) is 6. The number of aryl methyl sites for hydroxylation is 2. The Hall–Kier alpha value is -1.99. The van der Waals surface area contributed by atoms with Gasteiger partial charge < -0.3 is 10.4 Å². The van der Waals surface area contributed by atoms with Gasteiger partial charge in [0.2, 0.25) is 0 Å². The van der Waals surface area contributed by atoms with Crippen LogP contribution >= 0.6 is 11.3 Å². The molecule has 0 aliphatic heterocycles. The first kappa shape index (κ1) is 14.6. The third-order valence-electron chi connectivity index (χ3n) is 4.43. The number of nitrogens with one attached hydrogen (secondary N) is 1. The predicted octanol–water partition coefficient (Wildman–Crippen LogP) is 2.66. The summed E-state index contributed by atoms with van der Waals surface area (Å²) in [5, 5.41) is 20.7. The molecule has 0 spiro atoms. The van der Waals surface area contributed by atoms with Crippen LogP contribution in [0.2, 0.25) is 0 Å². The highest BCUT2D eigenvalue weighted by Crippen LogP contribution is 2.40. The maximum Gasteiger partial charge on any atom is 0.138 e. The van der Waals surface area contributed by atoms with Gasteiger partial charge >= 0.3 is 0 Å². The Labute approximate surface area is 138 Å². The second-order valence-corrected chi connectivity index (χ2v) is 7.11. The van der Waals surface area contributed by atoms with Crippen molar-refractivity contribution in [3.05, 3.63) is 35.2 Å². The summed E-state index contributed by atoms with van der Waals surface area (Å²) in [5.74, 6) is 2.02. The Kier molecular flexibility index (Phi) is 3.54. The van der Waals surface area contributed by atoms with E-state index in [1.165, 1.54) is 0 Å². The van der Waals surface area contributed by atoms with Gasteiger partial charge in [0.1, 0.15) is 16.5 Å². The van der Waals surface area contributed by atoms with Gasteiger partial charge in [-0.1, -0.05) is 0 Å². The summed E-state index contributed by atoms with van der Waals surface area (Å²) in [5.41, 5.74) is 1.13. The van der Waals surface area contributed by atoms with Gasteiger partial charge in [-0.05, 0) is 37.1 Å². The lowest BCUT2D eigenvalue weighted by Gasteiger charge is -2.38. The summed E-state index contributed by atoms with van der Waals surface area (Å²) >= 11 is 1.62. The number of aromatic nitrogens is 4. The van der Waals surface area contributed by atoms with Crippen molar-refractivity contribution in [2.75, 3.05) is 5.32 Å². The maximum atomic E-state index is 9.70. The zero-order valence-corrected chi connectivity index (χ0v) is 13.9. The lowest BCUT2D eigenvalue weighted by molar-refractivity contribution is 0.0339. The van der Waals surface area contributed by atoms with E-state index in [9.17, 15) is 5.11 Å². The third kappa shape index (κ3) is 2.70. The van der Waals surface area contributed by atoms with E-state index < -0.39 is 0 Å². The molecule has 4 rings (SSSR count). The molecule has 23 heavy (non-hydrogen) atoms. The van der Waals surface area contributed by atoms with E-state index in [1.807, 2.05) is 36.4 Å². The largest absolute Gasteiger partial charge is 0.393 e. The number of aliphatic hydroxyl groups is 1. The van der Waals surface area contributed by atoms with Crippen molar-refractivity contribution in [2.45, 2.75) is 31.9 Å². The molecule has 7 heteroatoms. The van der Waals surface area contributed by atoms with Crippen molar-refractivity contribution in [2.24, 2.45) is 13.0 Å². The molecule has 1 fully saturated rings. The standard InChI is InChI=1S/C16H19N5OS/c1-9-18-15(13-3-4-23-16(13)19-9)20-14(10-5-12(22)6-10)11-7-17-21(2)8-11/h3-4,7-8,10,12,14,22H,5-6H2,1-2H3,(H,18,19,20)/t10?,12?,14-/m1/s1. The Morgan fingerprint density at radius 3 is 2.91 bits per heavy atom. The van der Waals surface area contributed by atoms with E-state index in [1.54, 1.807) is 11.3 Å². The van der Waals surface area contributed by atoms with Crippen LogP contribution in [0.1, 0.15) is 30.3 Å². The molecule has 3 heterocycles. The average Bonchev–Trinajstić information content (AvgIpc) is 3.10. The van der Waals surface area contributed by atoms with E-state index in [2.05, 4.69) is 26.4 Å². The Morgan fingerprint density at radius 1 is 1.39 bits per heavy atom. The zero-order chi connectivity index (χ0) is 16.0. The van der Waals surface area contributed by atoms with Crippen molar-refractivity contribution in [1.29, 1.82) is 0 Å². The van der Waals surface area contributed by atoms with Crippen LogP contribution < -0.4 is 5.32 Å². The number of aliphatic hydroxyl groups excluding tert-OH is 1. The molecule has 1 aliphatic rings. The van der Waals surface area contributed by atoms with E-state index in [0.717, 1.165) is 40.3 Å². The minimum absolute atomic E-state index is 0.101. The molecule has 1 aliphatic carbocycles. The van der Waals surface area contributed by atoms with E-state index in [0.29, 0.717) is 5.92 Å². The van der Waals surface area contributed by atoms with Crippen LogP contribution in [0.15, 0.2) is 23.8 Å². The quantitative estimate of drug-likeness (QED) is 0.769. The number of anilines is 1. The molecule has 120 valence electrons. The normalized spacial score (nSPS) is 22.0. The minimum Gasteiger partial charge on any atom is -0.393 e. The fourth-order valence-corrected chi connectivity index (χ4v) is 4.01. The van der Waals surface area contributed by atoms with Crippen molar-refractivity contribution in [3.8, 4) is 0 Å². The minimum atomic E-state index is -0.186. The lowest BCUT2D eigenvalue weighted by Crippen LogP contribution is -2.36. The summed E-state index contributed by atoms with van der Waals surface area (Å²) in [4.78, 5) is 10.1. The molecule has 0 bridgehead atoms. The van der Waals surface area contributed by atoms with Crippen LogP contribution in [0.25, 0.3) is 10.2 Å². The van der Waals surface area contributed by atoms with Gasteiger partial charge in [0, 0.05) is 18.8 Å². The molecule has 6 nitrogen and oxygen atoms in total. The first-order valence-corrected chi connectivity index (χ1v) is 8.63. The summed E-state index contributed by atoms with van der Waals surface area (Å²) in [6.07, 6.45) is 5.35. The molecule has 1 atom stereocenters. The molecule has 3 aromatic heterocycles. The zero-order valence-electron chi connectivity index (χ0n) is 13.1. The van der Waals surface area contributed by atoms with E-state index >= 15 is 0 Å². The maximum absolute atomic E-state index is 9.70. The summed E-state index contributed by atoms with van der Waals surface area (Å²) in [6, 6.07) is 2.15. The number of thiophene rings is 1. The van der Waals surface area contributed by atoms with Crippen molar-refractivity contribution in [1.82, 2.24) is 19.7 Å². The smallest absolute Gasteiger partial charge is 0.138 e. The molecule has 0 amide bonds. The van der Waals surface area contributed by atoms with Gasteiger partial charge in [0.05, 0.1) is 23.7 Å². The van der Waals surface area contributed by atoms with E-state index in [4.69, 9.17) is 0 Å². The molecule has 0 aromatic carbocycles. The second-order valence-electron chi connectivity index (χ2n) is 6.21. The Balaban J connectivity index is 1.70. The Bertz CT molecular complexity index is 836. The van der Waals surface area contributed by atoms with Crippen molar-refractivity contribution in [3.63, 3.8) is 0 Å².